The molecule has 0 fully saturated rings. The van der Waals surface area contributed by atoms with E-state index >= 15 is 0 Å². The molecule has 0 aliphatic rings. The highest BCUT2D eigenvalue weighted by Crippen LogP contribution is 2.25. The van der Waals surface area contributed by atoms with E-state index in [0.717, 1.165) is 54.2 Å². The van der Waals surface area contributed by atoms with E-state index in [4.69, 9.17) is 14.2 Å². The molecule has 26 heavy (non-hydrogen) atoms. The molecule has 0 bridgehead atoms. The monoisotopic (exact) mass is 354 g/mol. The summed E-state index contributed by atoms with van der Waals surface area (Å²) in [6.45, 7) is 8.48. The number of ether oxygens (including phenoxy) is 3. The van der Waals surface area contributed by atoms with E-state index in [1.54, 1.807) is 0 Å². The van der Waals surface area contributed by atoms with Gasteiger partial charge in [0.15, 0.2) is 0 Å². The summed E-state index contributed by atoms with van der Waals surface area (Å²) in [7, 11) is 0. The Kier molecular flexibility index (Phi) is 8.61. The molecule has 3 heteroatoms. The average Bonchev–Trinajstić information content (AvgIpc) is 2.68. The maximum atomic E-state index is 5.79. The van der Waals surface area contributed by atoms with Gasteiger partial charge in [-0.3, -0.25) is 0 Å². The Morgan fingerprint density at radius 1 is 0.577 bits per heavy atom. The molecule has 0 unspecified atom stereocenters. The first-order chi connectivity index (χ1) is 12.7. The second-order valence-electron chi connectivity index (χ2n) is 6.19. The molecule has 0 aromatic heterocycles. The molecular formula is C23H30O3. The Bertz CT molecular complexity index is 648. The van der Waals surface area contributed by atoms with Gasteiger partial charge in [0.05, 0.1) is 19.8 Å². The van der Waals surface area contributed by atoms with Gasteiger partial charge in [-0.05, 0) is 54.7 Å². The van der Waals surface area contributed by atoms with Gasteiger partial charge in [0.1, 0.15) is 17.2 Å². The van der Waals surface area contributed by atoms with Crippen molar-refractivity contribution < 1.29 is 14.2 Å². The van der Waals surface area contributed by atoms with E-state index in [-0.39, 0.29) is 0 Å². The molecule has 0 N–H and O–H groups in total. The lowest BCUT2D eigenvalue weighted by atomic mass is 10.1. The number of hydrogen-bond acceptors (Lipinski definition) is 3. The molecule has 0 radical (unpaired) electrons. The van der Waals surface area contributed by atoms with Crippen LogP contribution in [0.4, 0.5) is 0 Å². The Labute approximate surface area is 157 Å². The zero-order valence-electron chi connectivity index (χ0n) is 16.2. The van der Waals surface area contributed by atoms with Gasteiger partial charge >= 0.3 is 0 Å². The van der Waals surface area contributed by atoms with E-state index in [1.807, 2.05) is 30.3 Å². The Hall–Kier alpha value is -2.42. The standard InChI is InChI=1S/C23H30O3/c1-4-13-24-21-11-9-19(10-12-21)7-8-20-16-22(25-14-5-2)18-23(17-20)26-15-6-3/h7-12,16-18H,4-6,13-15H2,1-3H3. The minimum absolute atomic E-state index is 0.708. The predicted octanol–water partition coefficient (Wildman–Crippen LogP) is 6.22. The van der Waals surface area contributed by atoms with Crippen LogP contribution in [0.5, 0.6) is 17.2 Å². The molecule has 0 saturated carbocycles. The first kappa shape index (κ1) is 19.9. The molecule has 0 saturated heterocycles. The van der Waals surface area contributed by atoms with Gasteiger partial charge in [-0.25, -0.2) is 0 Å². The van der Waals surface area contributed by atoms with Gasteiger partial charge in [-0.2, -0.15) is 0 Å². The molecule has 0 spiro atoms. The van der Waals surface area contributed by atoms with Crippen LogP contribution in [0.1, 0.15) is 51.2 Å². The van der Waals surface area contributed by atoms with Crippen molar-refractivity contribution in [2.75, 3.05) is 19.8 Å². The van der Waals surface area contributed by atoms with Crippen molar-refractivity contribution in [1.29, 1.82) is 0 Å². The van der Waals surface area contributed by atoms with E-state index < -0.39 is 0 Å². The van der Waals surface area contributed by atoms with Crippen LogP contribution in [0.25, 0.3) is 12.2 Å². The van der Waals surface area contributed by atoms with Gasteiger partial charge < -0.3 is 14.2 Å². The molecule has 0 aliphatic carbocycles. The maximum absolute atomic E-state index is 5.79. The van der Waals surface area contributed by atoms with Crippen molar-refractivity contribution in [1.82, 2.24) is 0 Å². The molecule has 2 aromatic carbocycles. The minimum atomic E-state index is 0.708. The largest absolute Gasteiger partial charge is 0.494 e. The van der Waals surface area contributed by atoms with Crippen molar-refractivity contribution >= 4 is 12.2 Å². The molecule has 2 aromatic rings. The van der Waals surface area contributed by atoms with Crippen molar-refractivity contribution in [3.63, 3.8) is 0 Å². The van der Waals surface area contributed by atoms with Crippen LogP contribution >= 0.6 is 0 Å². The second kappa shape index (κ2) is 11.2. The predicted molar refractivity (Wildman–Crippen MR) is 109 cm³/mol. The number of hydrogen-bond donors (Lipinski definition) is 0. The summed E-state index contributed by atoms with van der Waals surface area (Å²) in [5.74, 6) is 2.61. The zero-order valence-corrected chi connectivity index (χ0v) is 16.2. The quantitative estimate of drug-likeness (QED) is 0.448. The maximum Gasteiger partial charge on any atom is 0.123 e. The van der Waals surface area contributed by atoms with Crippen LogP contribution in [0.2, 0.25) is 0 Å². The third kappa shape index (κ3) is 6.83. The summed E-state index contributed by atoms with van der Waals surface area (Å²) in [6, 6.07) is 14.2. The van der Waals surface area contributed by atoms with Crippen molar-refractivity contribution in [3.8, 4) is 17.2 Å². The fourth-order valence-electron chi connectivity index (χ4n) is 2.38. The van der Waals surface area contributed by atoms with Crippen molar-refractivity contribution in [2.45, 2.75) is 40.0 Å². The molecule has 140 valence electrons. The van der Waals surface area contributed by atoms with Crippen LogP contribution < -0.4 is 14.2 Å². The lowest BCUT2D eigenvalue weighted by molar-refractivity contribution is 0.301. The second-order valence-corrected chi connectivity index (χ2v) is 6.19. The molecule has 0 atom stereocenters. The van der Waals surface area contributed by atoms with E-state index in [2.05, 4.69) is 45.1 Å². The van der Waals surface area contributed by atoms with Crippen LogP contribution in [0, 0.1) is 0 Å². The Morgan fingerprint density at radius 2 is 1.04 bits per heavy atom. The van der Waals surface area contributed by atoms with Gasteiger partial charge in [-0.15, -0.1) is 0 Å². The topological polar surface area (TPSA) is 27.7 Å². The van der Waals surface area contributed by atoms with E-state index in [9.17, 15) is 0 Å². The van der Waals surface area contributed by atoms with Gasteiger partial charge in [0.2, 0.25) is 0 Å². The summed E-state index contributed by atoms with van der Waals surface area (Å²) in [4.78, 5) is 0. The molecule has 2 rings (SSSR count). The average molecular weight is 354 g/mol. The molecular weight excluding hydrogens is 324 g/mol. The highest BCUT2D eigenvalue weighted by atomic mass is 16.5. The smallest absolute Gasteiger partial charge is 0.123 e. The SMILES string of the molecule is CCCOc1ccc(C=Cc2cc(OCCC)cc(OCCC)c2)cc1. The van der Waals surface area contributed by atoms with Crippen LogP contribution in [-0.2, 0) is 0 Å². The van der Waals surface area contributed by atoms with Gasteiger partial charge in [0.25, 0.3) is 0 Å². The molecule has 0 amide bonds. The summed E-state index contributed by atoms with van der Waals surface area (Å²) >= 11 is 0. The van der Waals surface area contributed by atoms with E-state index in [0.29, 0.717) is 13.2 Å². The molecule has 3 nitrogen and oxygen atoms in total. The minimum Gasteiger partial charge on any atom is -0.494 e. The summed E-state index contributed by atoms with van der Waals surface area (Å²) in [6.07, 6.45) is 7.15. The Morgan fingerprint density at radius 3 is 1.54 bits per heavy atom. The molecule has 0 heterocycles. The van der Waals surface area contributed by atoms with Gasteiger partial charge in [0, 0.05) is 6.07 Å². The highest BCUT2D eigenvalue weighted by molar-refractivity contribution is 5.71. The Balaban J connectivity index is 2.11. The van der Waals surface area contributed by atoms with E-state index in [1.165, 1.54) is 0 Å². The van der Waals surface area contributed by atoms with Crippen molar-refractivity contribution in [2.24, 2.45) is 0 Å². The van der Waals surface area contributed by atoms with Crippen molar-refractivity contribution in [3.05, 3.63) is 53.6 Å². The summed E-state index contributed by atoms with van der Waals surface area (Å²) in [5.41, 5.74) is 2.20. The highest BCUT2D eigenvalue weighted by Gasteiger charge is 2.02. The van der Waals surface area contributed by atoms with Gasteiger partial charge in [-0.1, -0.05) is 45.1 Å². The van der Waals surface area contributed by atoms with Crippen LogP contribution in [0.3, 0.4) is 0 Å². The summed E-state index contributed by atoms with van der Waals surface area (Å²) < 4.78 is 17.2. The van der Waals surface area contributed by atoms with Crippen LogP contribution in [-0.4, -0.2) is 19.8 Å². The zero-order chi connectivity index (χ0) is 18.6. The normalized spacial score (nSPS) is 10.9. The molecule has 0 aliphatic heterocycles. The first-order valence-corrected chi connectivity index (χ1v) is 9.56. The number of benzene rings is 2. The third-order valence-corrected chi connectivity index (χ3v) is 3.67. The third-order valence-electron chi connectivity index (χ3n) is 3.67. The summed E-state index contributed by atoms with van der Waals surface area (Å²) in [5, 5.41) is 0. The fraction of sp³-hybridized carbons (Fsp3) is 0.391. The first-order valence-electron chi connectivity index (χ1n) is 9.56. The lowest BCUT2D eigenvalue weighted by Gasteiger charge is -2.10. The lowest BCUT2D eigenvalue weighted by Crippen LogP contribution is -1.98. The fourth-order valence-corrected chi connectivity index (χ4v) is 2.38. The van der Waals surface area contributed by atoms with Crippen LogP contribution in [0.15, 0.2) is 42.5 Å². The number of rotatable bonds is 11.